The summed E-state index contributed by atoms with van der Waals surface area (Å²) in [5.41, 5.74) is -0.0747. The highest BCUT2D eigenvalue weighted by Gasteiger charge is 2.27. The van der Waals surface area contributed by atoms with Crippen molar-refractivity contribution in [2.75, 3.05) is 31.1 Å². The number of furan rings is 1. The average Bonchev–Trinajstić information content (AvgIpc) is 3.18. The number of anilines is 1. The molecule has 0 bridgehead atoms. The number of aliphatic hydroxyl groups is 1. The highest BCUT2D eigenvalue weighted by atomic mass is 16.4. The Kier molecular flexibility index (Phi) is 7.37. The number of guanidine groups is 1. The fourth-order valence-corrected chi connectivity index (χ4v) is 3.51. The number of aromatic nitrogens is 1. The highest BCUT2D eigenvalue weighted by Crippen LogP contribution is 2.22. The lowest BCUT2D eigenvalue weighted by Crippen LogP contribution is -2.44. The summed E-state index contributed by atoms with van der Waals surface area (Å²) in [4.78, 5) is 11.6. The second-order valence-corrected chi connectivity index (χ2v) is 8.43. The monoisotopic (exact) mass is 413 g/mol. The Morgan fingerprint density at radius 3 is 2.63 bits per heavy atom. The molecule has 7 heteroatoms. The number of aryl methyl sites for hydroxylation is 1. The molecule has 2 aromatic heterocycles. The molecule has 2 aromatic rings. The number of hydrogen-bond donors (Lipinski definition) is 3. The Morgan fingerprint density at radius 2 is 2.03 bits per heavy atom. The fourth-order valence-electron chi connectivity index (χ4n) is 3.51. The SMILES string of the molecule is CCNC(=NCc1ccc(N2CCC(C)CC2)nc1)NCC(C)(O)c1ccc(C)o1. The van der Waals surface area contributed by atoms with E-state index in [9.17, 15) is 5.11 Å². The number of hydrogen-bond acceptors (Lipinski definition) is 5. The van der Waals surface area contributed by atoms with Gasteiger partial charge in [-0.05, 0) is 63.3 Å². The van der Waals surface area contributed by atoms with E-state index >= 15 is 0 Å². The number of nitrogens with zero attached hydrogens (tertiary/aromatic N) is 3. The first-order valence-electron chi connectivity index (χ1n) is 10.9. The summed E-state index contributed by atoms with van der Waals surface area (Å²) in [6.07, 6.45) is 4.36. The summed E-state index contributed by atoms with van der Waals surface area (Å²) in [6.45, 7) is 11.6. The van der Waals surface area contributed by atoms with Gasteiger partial charge in [0.25, 0.3) is 0 Å². The van der Waals surface area contributed by atoms with E-state index in [1.807, 2.05) is 26.1 Å². The molecule has 0 spiro atoms. The van der Waals surface area contributed by atoms with Crippen LogP contribution in [0.25, 0.3) is 0 Å². The van der Waals surface area contributed by atoms with Crippen molar-refractivity contribution in [3.63, 3.8) is 0 Å². The molecule has 3 rings (SSSR count). The fraction of sp³-hybridized carbons (Fsp3) is 0.565. The smallest absolute Gasteiger partial charge is 0.191 e. The van der Waals surface area contributed by atoms with Crippen molar-refractivity contribution in [3.8, 4) is 0 Å². The van der Waals surface area contributed by atoms with Crippen LogP contribution in [0.1, 0.15) is 50.7 Å². The Morgan fingerprint density at radius 1 is 1.27 bits per heavy atom. The zero-order valence-electron chi connectivity index (χ0n) is 18.6. The van der Waals surface area contributed by atoms with Crippen LogP contribution in [0.2, 0.25) is 0 Å². The lowest BCUT2D eigenvalue weighted by atomic mass is 9.99. The zero-order chi connectivity index (χ0) is 21.6. The van der Waals surface area contributed by atoms with E-state index in [4.69, 9.17) is 4.42 Å². The van der Waals surface area contributed by atoms with Crippen molar-refractivity contribution in [2.24, 2.45) is 10.9 Å². The van der Waals surface area contributed by atoms with Crippen LogP contribution in [0, 0.1) is 12.8 Å². The molecule has 0 radical (unpaired) electrons. The lowest BCUT2D eigenvalue weighted by Gasteiger charge is -2.31. The van der Waals surface area contributed by atoms with Gasteiger partial charge < -0.3 is 25.1 Å². The molecule has 1 atom stereocenters. The van der Waals surface area contributed by atoms with E-state index in [1.165, 1.54) is 12.8 Å². The van der Waals surface area contributed by atoms with Gasteiger partial charge >= 0.3 is 0 Å². The van der Waals surface area contributed by atoms with Gasteiger partial charge in [-0.1, -0.05) is 13.0 Å². The lowest BCUT2D eigenvalue weighted by molar-refractivity contribution is 0.0378. The molecular formula is C23H35N5O2. The van der Waals surface area contributed by atoms with Gasteiger partial charge in [-0.2, -0.15) is 0 Å². The van der Waals surface area contributed by atoms with E-state index in [0.717, 1.165) is 42.7 Å². The minimum Gasteiger partial charge on any atom is -0.463 e. The van der Waals surface area contributed by atoms with Gasteiger partial charge in [-0.25, -0.2) is 9.98 Å². The molecule has 30 heavy (non-hydrogen) atoms. The van der Waals surface area contributed by atoms with Crippen molar-refractivity contribution in [1.82, 2.24) is 15.6 Å². The molecule has 3 heterocycles. The molecule has 1 saturated heterocycles. The van der Waals surface area contributed by atoms with E-state index in [0.29, 0.717) is 18.3 Å². The quantitative estimate of drug-likeness (QED) is 0.477. The summed E-state index contributed by atoms with van der Waals surface area (Å²) in [5.74, 6) is 3.82. The first-order chi connectivity index (χ1) is 14.4. The topological polar surface area (TPSA) is 85.9 Å². The predicted molar refractivity (Wildman–Crippen MR) is 121 cm³/mol. The van der Waals surface area contributed by atoms with Crippen LogP contribution >= 0.6 is 0 Å². The summed E-state index contributed by atoms with van der Waals surface area (Å²) >= 11 is 0. The molecule has 0 aliphatic carbocycles. The largest absolute Gasteiger partial charge is 0.463 e. The molecule has 7 nitrogen and oxygen atoms in total. The molecular weight excluding hydrogens is 378 g/mol. The summed E-state index contributed by atoms with van der Waals surface area (Å²) in [5, 5.41) is 17.1. The van der Waals surface area contributed by atoms with Crippen LogP contribution in [0.5, 0.6) is 0 Å². The van der Waals surface area contributed by atoms with Crippen LogP contribution in [-0.4, -0.2) is 42.2 Å². The first-order valence-corrected chi connectivity index (χ1v) is 10.9. The molecule has 1 aliphatic rings. The average molecular weight is 414 g/mol. The number of rotatable bonds is 7. The third kappa shape index (κ3) is 5.98. The van der Waals surface area contributed by atoms with Gasteiger partial charge in [0.15, 0.2) is 5.96 Å². The second-order valence-electron chi connectivity index (χ2n) is 8.43. The standard InChI is InChI=1S/C23H35N5O2/c1-5-24-22(27-16-23(4,29)20-8-6-18(3)30-20)26-15-19-7-9-21(25-14-19)28-12-10-17(2)11-13-28/h6-9,14,17,29H,5,10-13,15-16H2,1-4H3,(H2,24,26,27). The number of nitrogens with one attached hydrogen (secondary N) is 2. The third-order valence-corrected chi connectivity index (χ3v) is 5.55. The van der Waals surface area contributed by atoms with Crippen molar-refractivity contribution < 1.29 is 9.52 Å². The number of aliphatic imine (C=N–C) groups is 1. The van der Waals surface area contributed by atoms with Gasteiger partial charge in [-0.3, -0.25) is 0 Å². The Hall–Kier alpha value is -2.54. The third-order valence-electron chi connectivity index (χ3n) is 5.55. The molecule has 0 aromatic carbocycles. The maximum Gasteiger partial charge on any atom is 0.191 e. The maximum absolute atomic E-state index is 10.7. The molecule has 164 valence electrons. The molecule has 1 aliphatic heterocycles. The van der Waals surface area contributed by atoms with Crippen molar-refractivity contribution in [1.29, 1.82) is 0 Å². The maximum atomic E-state index is 10.7. The van der Waals surface area contributed by atoms with Gasteiger partial charge in [0.05, 0.1) is 13.1 Å². The van der Waals surface area contributed by atoms with Gasteiger partial charge in [0.1, 0.15) is 22.9 Å². The Bertz CT molecular complexity index is 820. The van der Waals surface area contributed by atoms with Crippen molar-refractivity contribution in [3.05, 3.63) is 47.5 Å². The number of piperidine rings is 1. The van der Waals surface area contributed by atoms with Crippen LogP contribution < -0.4 is 15.5 Å². The summed E-state index contributed by atoms with van der Waals surface area (Å²) < 4.78 is 5.57. The Labute approximate surface area is 179 Å². The Balaban J connectivity index is 1.57. The van der Waals surface area contributed by atoms with Gasteiger partial charge in [0.2, 0.25) is 0 Å². The van der Waals surface area contributed by atoms with Crippen LogP contribution in [0.15, 0.2) is 39.9 Å². The van der Waals surface area contributed by atoms with Gasteiger partial charge in [-0.15, -0.1) is 0 Å². The number of pyridine rings is 1. The molecule has 1 fully saturated rings. The van der Waals surface area contributed by atoms with E-state index < -0.39 is 5.60 Å². The molecule has 3 N–H and O–H groups in total. The van der Waals surface area contributed by atoms with E-state index in [-0.39, 0.29) is 6.54 Å². The highest BCUT2D eigenvalue weighted by molar-refractivity contribution is 5.79. The second kappa shape index (κ2) is 9.98. The van der Waals surface area contributed by atoms with Gasteiger partial charge in [0, 0.05) is 25.8 Å². The molecule has 0 saturated carbocycles. The minimum atomic E-state index is -1.13. The van der Waals surface area contributed by atoms with Crippen molar-refractivity contribution >= 4 is 11.8 Å². The molecule has 0 amide bonds. The minimum absolute atomic E-state index is 0.288. The zero-order valence-corrected chi connectivity index (χ0v) is 18.6. The molecule has 1 unspecified atom stereocenters. The predicted octanol–water partition coefficient (Wildman–Crippen LogP) is 3.18. The van der Waals surface area contributed by atoms with Crippen LogP contribution in [-0.2, 0) is 12.1 Å². The van der Waals surface area contributed by atoms with Crippen molar-refractivity contribution in [2.45, 2.75) is 52.7 Å². The van der Waals surface area contributed by atoms with E-state index in [1.54, 1.807) is 13.0 Å². The normalized spacial score (nSPS) is 17.6. The van der Waals surface area contributed by atoms with Crippen LogP contribution in [0.3, 0.4) is 0 Å². The van der Waals surface area contributed by atoms with Crippen LogP contribution in [0.4, 0.5) is 5.82 Å². The summed E-state index contributed by atoms with van der Waals surface area (Å²) in [7, 11) is 0. The first kappa shape index (κ1) is 22.2. The van der Waals surface area contributed by atoms with E-state index in [2.05, 4.69) is 44.6 Å². The summed E-state index contributed by atoms with van der Waals surface area (Å²) in [6, 6.07) is 7.84.